The van der Waals surface area contributed by atoms with E-state index < -0.39 is 0 Å². The first kappa shape index (κ1) is 10.2. The van der Waals surface area contributed by atoms with Crippen molar-refractivity contribution in [3.8, 4) is 0 Å². The van der Waals surface area contributed by atoms with E-state index in [2.05, 4.69) is 34.7 Å². The smallest absolute Gasteiger partial charge is 0.0898 e. The number of aryl methyl sites for hydroxylation is 1. The molecule has 0 bridgehead atoms. The second-order valence-corrected chi connectivity index (χ2v) is 4.59. The maximum Gasteiger partial charge on any atom is 0.0898 e. The summed E-state index contributed by atoms with van der Waals surface area (Å²) in [7, 11) is 0. The van der Waals surface area contributed by atoms with Crippen molar-refractivity contribution < 1.29 is 0 Å². The molecule has 1 aromatic heterocycles. The molecule has 0 spiro atoms. The van der Waals surface area contributed by atoms with Crippen molar-refractivity contribution in [3.63, 3.8) is 0 Å². The van der Waals surface area contributed by atoms with E-state index in [9.17, 15) is 0 Å². The quantitative estimate of drug-likeness (QED) is 0.851. The minimum absolute atomic E-state index is 0.261. The number of hydrogen-bond acceptors (Lipinski definition) is 3. The summed E-state index contributed by atoms with van der Waals surface area (Å²) in [5, 5.41) is 6.64. The van der Waals surface area contributed by atoms with E-state index in [1.807, 2.05) is 25.1 Å². The Morgan fingerprint density at radius 3 is 2.60 bits per heavy atom. The van der Waals surface area contributed by atoms with Gasteiger partial charge in [0.2, 0.25) is 0 Å². The van der Waals surface area contributed by atoms with E-state index in [1.165, 1.54) is 0 Å². The van der Waals surface area contributed by atoms with Crippen LogP contribution in [0, 0.1) is 6.92 Å². The Bertz CT molecular complexity index is 422. The Kier molecular flexibility index (Phi) is 3.02. The Balaban J connectivity index is 2.07. The van der Waals surface area contributed by atoms with Gasteiger partial charge in [-0.25, -0.2) is 4.98 Å². The number of benzene rings is 1. The van der Waals surface area contributed by atoms with Crippen LogP contribution in [0.15, 0.2) is 35.7 Å². The van der Waals surface area contributed by atoms with Gasteiger partial charge in [-0.05, 0) is 26.0 Å². The zero-order chi connectivity index (χ0) is 10.7. The summed E-state index contributed by atoms with van der Waals surface area (Å²) in [4.78, 5) is 4.46. The summed E-state index contributed by atoms with van der Waals surface area (Å²) in [6.45, 7) is 4.16. The molecule has 0 aliphatic heterocycles. The van der Waals surface area contributed by atoms with Gasteiger partial charge < -0.3 is 5.32 Å². The molecular formula is C12H14N2S. The molecule has 2 rings (SSSR count). The zero-order valence-electron chi connectivity index (χ0n) is 8.90. The summed E-state index contributed by atoms with van der Waals surface area (Å²) in [5.41, 5.74) is 2.25. The molecule has 0 amide bonds. The van der Waals surface area contributed by atoms with Crippen molar-refractivity contribution in [3.05, 3.63) is 46.4 Å². The molecule has 1 aromatic carbocycles. The minimum atomic E-state index is 0.261. The second kappa shape index (κ2) is 4.45. The van der Waals surface area contributed by atoms with Crippen molar-refractivity contribution in [1.82, 2.24) is 4.98 Å². The van der Waals surface area contributed by atoms with Gasteiger partial charge in [0, 0.05) is 11.1 Å². The highest BCUT2D eigenvalue weighted by molar-refractivity contribution is 7.09. The van der Waals surface area contributed by atoms with Gasteiger partial charge in [-0.2, -0.15) is 0 Å². The first-order valence-electron chi connectivity index (χ1n) is 4.99. The average molecular weight is 218 g/mol. The summed E-state index contributed by atoms with van der Waals surface area (Å²) in [5.74, 6) is 0. The van der Waals surface area contributed by atoms with Gasteiger partial charge in [0.15, 0.2) is 0 Å². The van der Waals surface area contributed by atoms with Crippen LogP contribution in [0.3, 0.4) is 0 Å². The fourth-order valence-corrected chi connectivity index (χ4v) is 2.14. The monoisotopic (exact) mass is 218 g/mol. The molecule has 0 aliphatic carbocycles. The van der Waals surface area contributed by atoms with Crippen molar-refractivity contribution in [2.24, 2.45) is 0 Å². The molecular weight excluding hydrogens is 204 g/mol. The van der Waals surface area contributed by atoms with Crippen molar-refractivity contribution >= 4 is 17.0 Å². The van der Waals surface area contributed by atoms with Gasteiger partial charge in [0.05, 0.1) is 16.7 Å². The van der Waals surface area contributed by atoms with Crippen molar-refractivity contribution in [1.29, 1.82) is 0 Å². The summed E-state index contributed by atoms with van der Waals surface area (Å²) < 4.78 is 0. The van der Waals surface area contributed by atoms with Crippen LogP contribution in [0.25, 0.3) is 0 Å². The molecule has 1 unspecified atom stereocenters. The molecule has 0 fully saturated rings. The third-order valence-electron chi connectivity index (χ3n) is 2.24. The van der Waals surface area contributed by atoms with E-state index in [0.717, 1.165) is 16.4 Å². The van der Waals surface area contributed by atoms with E-state index in [4.69, 9.17) is 0 Å². The molecule has 1 atom stereocenters. The summed E-state index contributed by atoms with van der Waals surface area (Å²) in [6.07, 6.45) is 0. The van der Waals surface area contributed by atoms with Crippen LogP contribution in [0.4, 0.5) is 5.69 Å². The average Bonchev–Trinajstić information content (AvgIpc) is 2.66. The summed E-state index contributed by atoms with van der Waals surface area (Å²) in [6, 6.07) is 10.5. The molecule has 78 valence electrons. The fraction of sp³-hybridized carbons (Fsp3) is 0.250. The zero-order valence-corrected chi connectivity index (χ0v) is 9.71. The lowest BCUT2D eigenvalue weighted by atomic mass is 10.2. The van der Waals surface area contributed by atoms with E-state index in [1.54, 1.807) is 11.3 Å². The first-order valence-corrected chi connectivity index (χ1v) is 5.87. The fourth-order valence-electron chi connectivity index (χ4n) is 1.44. The first-order chi connectivity index (χ1) is 7.25. The number of aromatic nitrogens is 1. The Morgan fingerprint density at radius 2 is 2.00 bits per heavy atom. The minimum Gasteiger partial charge on any atom is -0.377 e. The van der Waals surface area contributed by atoms with Crippen LogP contribution in [0.2, 0.25) is 0 Å². The maximum atomic E-state index is 4.46. The summed E-state index contributed by atoms with van der Waals surface area (Å²) >= 11 is 1.69. The number of anilines is 1. The molecule has 1 N–H and O–H groups in total. The second-order valence-electron chi connectivity index (χ2n) is 3.52. The molecule has 3 heteroatoms. The molecule has 2 aromatic rings. The Hall–Kier alpha value is -1.35. The van der Waals surface area contributed by atoms with Crippen LogP contribution in [0.1, 0.15) is 23.7 Å². The Labute approximate surface area is 94.0 Å². The van der Waals surface area contributed by atoms with Crippen LogP contribution >= 0.6 is 11.3 Å². The third kappa shape index (κ3) is 2.57. The normalized spacial score (nSPS) is 12.4. The van der Waals surface area contributed by atoms with Crippen LogP contribution in [-0.2, 0) is 0 Å². The van der Waals surface area contributed by atoms with Crippen molar-refractivity contribution in [2.45, 2.75) is 19.9 Å². The topological polar surface area (TPSA) is 24.9 Å². The highest BCUT2D eigenvalue weighted by atomic mass is 32.1. The molecule has 0 aliphatic rings. The predicted octanol–water partition coefficient (Wildman–Crippen LogP) is 3.62. The van der Waals surface area contributed by atoms with E-state index >= 15 is 0 Å². The lowest BCUT2D eigenvalue weighted by Crippen LogP contribution is -2.06. The van der Waals surface area contributed by atoms with Gasteiger partial charge in [-0.1, -0.05) is 18.2 Å². The number of nitrogens with one attached hydrogen (secondary N) is 1. The molecule has 0 saturated heterocycles. The van der Waals surface area contributed by atoms with Gasteiger partial charge in [-0.3, -0.25) is 0 Å². The number of para-hydroxylation sites is 1. The van der Waals surface area contributed by atoms with Gasteiger partial charge in [0.1, 0.15) is 0 Å². The lowest BCUT2D eigenvalue weighted by Gasteiger charge is -2.12. The molecule has 0 radical (unpaired) electrons. The van der Waals surface area contributed by atoms with Gasteiger partial charge in [0.25, 0.3) is 0 Å². The van der Waals surface area contributed by atoms with E-state index in [0.29, 0.717) is 0 Å². The molecule has 1 heterocycles. The van der Waals surface area contributed by atoms with Crippen LogP contribution in [0.5, 0.6) is 0 Å². The van der Waals surface area contributed by atoms with Crippen molar-refractivity contribution in [2.75, 3.05) is 5.32 Å². The van der Waals surface area contributed by atoms with E-state index in [-0.39, 0.29) is 6.04 Å². The molecule has 2 nitrogen and oxygen atoms in total. The third-order valence-corrected chi connectivity index (χ3v) is 3.03. The standard InChI is InChI=1S/C12H14N2S/c1-9(12-8-15-10(2)14-12)13-11-6-4-3-5-7-11/h3-9,13H,1-2H3. The number of rotatable bonds is 3. The SMILES string of the molecule is Cc1nc(C(C)Nc2ccccc2)cs1. The number of thiazole rings is 1. The highest BCUT2D eigenvalue weighted by Gasteiger charge is 2.07. The highest BCUT2D eigenvalue weighted by Crippen LogP contribution is 2.20. The number of hydrogen-bond donors (Lipinski definition) is 1. The lowest BCUT2D eigenvalue weighted by molar-refractivity contribution is 0.845. The molecule has 15 heavy (non-hydrogen) atoms. The van der Waals surface area contributed by atoms with Gasteiger partial charge >= 0.3 is 0 Å². The Morgan fingerprint density at radius 1 is 1.27 bits per heavy atom. The van der Waals surface area contributed by atoms with Crippen LogP contribution < -0.4 is 5.32 Å². The number of nitrogens with zero attached hydrogens (tertiary/aromatic N) is 1. The predicted molar refractivity (Wildman–Crippen MR) is 65.3 cm³/mol. The molecule has 0 saturated carbocycles. The van der Waals surface area contributed by atoms with Crippen LogP contribution in [-0.4, -0.2) is 4.98 Å². The maximum absolute atomic E-state index is 4.46. The largest absolute Gasteiger partial charge is 0.377 e. The van der Waals surface area contributed by atoms with Gasteiger partial charge in [-0.15, -0.1) is 11.3 Å².